The predicted molar refractivity (Wildman–Crippen MR) is 127 cm³/mol. The highest BCUT2D eigenvalue weighted by atomic mass is 35.5. The Morgan fingerprint density at radius 1 is 1.16 bits per heavy atom. The van der Waals surface area contributed by atoms with Crippen LogP contribution < -0.4 is 10.2 Å². The van der Waals surface area contributed by atoms with Crippen LogP contribution in [0.1, 0.15) is 19.8 Å². The van der Waals surface area contributed by atoms with Gasteiger partial charge in [0.25, 0.3) is 0 Å². The molecule has 0 spiro atoms. The molecule has 1 N–H and O–H groups in total. The van der Waals surface area contributed by atoms with Crippen molar-refractivity contribution in [1.82, 2.24) is 4.31 Å². The van der Waals surface area contributed by atoms with Crippen molar-refractivity contribution in [2.75, 3.05) is 35.6 Å². The highest BCUT2D eigenvalue weighted by Crippen LogP contribution is 2.38. The summed E-state index contributed by atoms with van der Waals surface area (Å²) in [5.74, 6) is -0.342. The quantitative estimate of drug-likeness (QED) is 0.683. The third kappa shape index (κ3) is 4.80. The van der Waals surface area contributed by atoms with Crippen LogP contribution in [0.2, 0.25) is 5.02 Å². The second-order valence-electron chi connectivity index (χ2n) is 7.93. The summed E-state index contributed by atoms with van der Waals surface area (Å²) in [7, 11) is -3.65. The Morgan fingerprint density at radius 3 is 2.53 bits per heavy atom. The number of halogens is 1. The van der Waals surface area contributed by atoms with Gasteiger partial charge in [-0.1, -0.05) is 18.5 Å². The van der Waals surface area contributed by atoms with Gasteiger partial charge in [-0.25, -0.2) is 8.42 Å². The molecule has 2 aliphatic rings. The van der Waals surface area contributed by atoms with Crippen molar-refractivity contribution >= 4 is 56.6 Å². The fourth-order valence-electron chi connectivity index (χ4n) is 3.78. The van der Waals surface area contributed by atoms with Crippen molar-refractivity contribution in [2.45, 2.75) is 29.6 Å². The van der Waals surface area contributed by atoms with E-state index in [1.165, 1.54) is 27.0 Å². The second-order valence-corrected chi connectivity index (χ2v) is 11.4. The second kappa shape index (κ2) is 9.43. The summed E-state index contributed by atoms with van der Waals surface area (Å²) in [6.45, 7) is 2.59. The molecule has 4 rings (SSSR count). The maximum absolute atomic E-state index is 13.1. The number of amides is 2. The Labute approximate surface area is 197 Å². The molecular weight excluding hydrogens is 470 g/mol. The Morgan fingerprint density at radius 2 is 1.84 bits per heavy atom. The van der Waals surface area contributed by atoms with Gasteiger partial charge >= 0.3 is 0 Å². The van der Waals surface area contributed by atoms with Gasteiger partial charge in [0.2, 0.25) is 21.8 Å². The van der Waals surface area contributed by atoms with Crippen LogP contribution in [0.25, 0.3) is 0 Å². The smallest absolute Gasteiger partial charge is 0.244 e. The first-order valence-corrected chi connectivity index (χ1v) is 13.2. The third-order valence-corrected chi connectivity index (χ3v) is 9.00. The van der Waals surface area contributed by atoms with E-state index >= 15 is 0 Å². The van der Waals surface area contributed by atoms with E-state index in [0.29, 0.717) is 35.2 Å². The van der Waals surface area contributed by atoms with Crippen molar-refractivity contribution in [3.05, 3.63) is 47.5 Å². The molecule has 7 nitrogen and oxygen atoms in total. The first-order valence-electron chi connectivity index (χ1n) is 10.4. The summed E-state index contributed by atoms with van der Waals surface area (Å²) in [5, 5.41) is 3.32. The van der Waals surface area contributed by atoms with E-state index < -0.39 is 10.0 Å². The molecule has 2 aromatic rings. The lowest BCUT2D eigenvalue weighted by Crippen LogP contribution is -2.41. The Hall–Kier alpha value is -2.07. The SMILES string of the molecule is C[C@@H]1CSc2ccc(S(=O)(=O)N3CCCC3)cc2N(CC(=O)Nc2ccc(Cl)cc2)C1=O. The fraction of sp³-hybridized carbons (Fsp3) is 0.364. The zero-order valence-corrected chi connectivity index (χ0v) is 20.0. The molecule has 2 heterocycles. The summed E-state index contributed by atoms with van der Waals surface area (Å²) >= 11 is 7.38. The van der Waals surface area contributed by atoms with Gasteiger partial charge in [-0.3, -0.25) is 9.59 Å². The summed E-state index contributed by atoms with van der Waals surface area (Å²) in [5.41, 5.74) is 1.02. The minimum absolute atomic E-state index is 0.143. The minimum atomic E-state index is -3.65. The lowest BCUT2D eigenvalue weighted by molar-refractivity contribution is -0.123. The minimum Gasteiger partial charge on any atom is -0.325 e. The number of nitrogens with one attached hydrogen (secondary N) is 1. The van der Waals surface area contributed by atoms with Crippen molar-refractivity contribution in [2.24, 2.45) is 5.92 Å². The Bertz CT molecular complexity index is 1130. The van der Waals surface area contributed by atoms with Crippen LogP contribution in [0.3, 0.4) is 0 Å². The zero-order valence-electron chi connectivity index (χ0n) is 17.6. The van der Waals surface area contributed by atoms with Crippen LogP contribution in [0, 0.1) is 5.92 Å². The summed E-state index contributed by atoms with van der Waals surface area (Å²) < 4.78 is 27.6. The number of rotatable bonds is 5. The van der Waals surface area contributed by atoms with Gasteiger partial charge in [0.15, 0.2) is 0 Å². The molecule has 0 bridgehead atoms. The maximum atomic E-state index is 13.1. The Balaban J connectivity index is 1.64. The summed E-state index contributed by atoms with van der Waals surface area (Å²) in [4.78, 5) is 28.2. The lowest BCUT2D eigenvalue weighted by Gasteiger charge is -2.25. The largest absolute Gasteiger partial charge is 0.325 e. The molecule has 1 atom stereocenters. The number of thioether (sulfide) groups is 1. The van der Waals surface area contributed by atoms with E-state index in [-0.39, 0.29) is 29.2 Å². The summed E-state index contributed by atoms with van der Waals surface area (Å²) in [6.07, 6.45) is 1.68. The molecule has 2 amide bonds. The Kier molecular flexibility index (Phi) is 6.80. The molecule has 1 fully saturated rings. The van der Waals surface area contributed by atoms with E-state index in [2.05, 4.69) is 5.32 Å². The highest BCUT2D eigenvalue weighted by molar-refractivity contribution is 7.99. The van der Waals surface area contributed by atoms with Gasteiger partial charge in [0, 0.05) is 40.4 Å². The van der Waals surface area contributed by atoms with Gasteiger partial charge in [0.1, 0.15) is 6.54 Å². The predicted octanol–water partition coefficient (Wildman–Crippen LogP) is 3.84. The first kappa shape index (κ1) is 23.1. The van der Waals surface area contributed by atoms with Gasteiger partial charge in [-0.15, -0.1) is 11.8 Å². The number of nitrogens with zero attached hydrogens (tertiary/aromatic N) is 2. The van der Waals surface area contributed by atoms with Crippen molar-refractivity contribution < 1.29 is 18.0 Å². The van der Waals surface area contributed by atoms with Crippen molar-refractivity contribution in [3.63, 3.8) is 0 Å². The molecule has 10 heteroatoms. The fourth-order valence-corrected chi connectivity index (χ4v) is 6.50. The molecule has 0 saturated carbocycles. The van der Waals surface area contributed by atoms with E-state index in [4.69, 9.17) is 11.6 Å². The molecule has 32 heavy (non-hydrogen) atoms. The standard InChI is InChI=1S/C22H24ClN3O4S2/c1-15-14-31-20-9-8-18(32(29,30)25-10-2-3-11-25)12-19(20)26(22(15)28)13-21(27)24-17-6-4-16(23)5-7-17/h4-9,12,15H,2-3,10-11,13-14H2,1H3,(H,24,27)/t15-/m1/s1. The highest BCUT2D eigenvalue weighted by Gasteiger charge is 2.33. The van der Waals surface area contributed by atoms with E-state index in [1.54, 1.807) is 36.4 Å². The molecule has 0 aliphatic carbocycles. The molecule has 2 aromatic carbocycles. The van der Waals surface area contributed by atoms with Crippen LogP contribution in [0.5, 0.6) is 0 Å². The summed E-state index contributed by atoms with van der Waals surface area (Å²) in [6, 6.07) is 11.5. The number of benzene rings is 2. The molecular formula is C22H24ClN3O4S2. The molecule has 1 saturated heterocycles. The number of carbonyl (C=O) groups is 2. The van der Waals surface area contributed by atoms with Crippen LogP contribution in [-0.2, 0) is 19.6 Å². The van der Waals surface area contributed by atoms with Gasteiger partial charge in [-0.05, 0) is 55.3 Å². The number of sulfonamides is 1. The number of fused-ring (bicyclic) bond motifs is 1. The molecule has 170 valence electrons. The number of hydrogen-bond acceptors (Lipinski definition) is 5. The maximum Gasteiger partial charge on any atom is 0.244 e. The average Bonchev–Trinajstić information content (AvgIpc) is 3.29. The van der Waals surface area contributed by atoms with E-state index in [9.17, 15) is 18.0 Å². The normalized spacial score (nSPS) is 19.5. The van der Waals surface area contributed by atoms with Crippen molar-refractivity contribution in [1.29, 1.82) is 0 Å². The van der Waals surface area contributed by atoms with Gasteiger partial charge in [-0.2, -0.15) is 4.31 Å². The molecule has 0 unspecified atom stereocenters. The first-order chi connectivity index (χ1) is 15.3. The molecule has 0 aromatic heterocycles. The van der Waals surface area contributed by atoms with E-state index in [1.807, 2.05) is 6.92 Å². The third-order valence-electron chi connectivity index (χ3n) is 5.53. The number of anilines is 2. The van der Waals surface area contributed by atoms with Crippen molar-refractivity contribution in [3.8, 4) is 0 Å². The van der Waals surface area contributed by atoms with Gasteiger partial charge < -0.3 is 10.2 Å². The van der Waals surface area contributed by atoms with Crippen LogP contribution in [0.4, 0.5) is 11.4 Å². The van der Waals surface area contributed by atoms with Gasteiger partial charge in [0.05, 0.1) is 10.6 Å². The zero-order chi connectivity index (χ0) is 22.9. The average molecular weight is 494 g/mol. The lowest BCUT2D eigenvalue weighted by atomic mass is 10.1. The van der Waals surface area contributed by atoms with Crippen LogP contribution in [0.15, 0.2) is 52.3 Å². The van der Waals surface area contributed by atoms with Crippen LogP contribution >= 0.6 is 23.4 Å². The molecule has 0 radical (unpaired) electrons. The monoisotopic (exact) mass is 493 g/mol. The van der Waals surface area contributed by atoms with Crippen LogP contribution in [-0.4, -0.2) is 49.9 Å². The van der Waals surface area contributed by atoms with E-state index in [0.717, 1.165) is 17.7 Å². The number of hydrogen-bond donors (Lipinski definition) is 1. The topological polar surface area (TPSA) is 86.8 Å². The molecule has 2 aliphatic heterocycles. The number of carbonyl (C=O) groups excluding carboxylic acids is 2.